The molecule has 0 fully saturated rings. The number of para-hydroxylation sites is 1. The number of benzene rings is 2. The molecule has 0 aliphatic carbocycles. The lowest BCUT2D eigenvalue weighted by Crippen LogP contribution is -2.03. The number of rotatable bonds is 1. The summed E-state index contributed by atoms with van der Waals surface area (Å²) in [7, 11) is 0. The number of anilines is 1. The second-order valence-corrected chi connectivity index (χ2v) is 5.33. The first-order valence-electron chi connectivity index (χ1n) is 5.46. The zero-order valence-electron chi connectivity index (χ0n) is 9.57. The Morgan fingerprint density at radius 3 is 2.79 bits per heavy atom. The van der Waals surface area contributed by atoms with Crippen molar-refractivity contribution in [3.63, 3.8) is 0 Å². The quantitative estimate of drug-likeness (QED) is 0.723. The van der Waals surface area contributed by atoms with E-state index >= 15 is 0 Å². The van der Waals surface area contributed by atoms with Gasteiger partial charge in [0.2, 0.25) is 5.95 Å². The number of nitrogens with zero attached hydrogens (tertiary/aromatic N) is 2. The third kappa shape index (κ3) is 1.99. The maximum Gasteiger partial charge on any atom is 0.206 e. The summed E-state index contributed by atoms with van der Waals surface area (Å²) in [4.78, 5) is 4.19. The second kappa shape index (κ2) is 4.51. The van der Waals surface area contributed by atoms with Gasteiger partial charge in [-0.1, -0.05) is 33.6 Å². The Bertz CT molecular complexity index is 785. The molecule has 0 aliphatic heterocycles. The van der Waals surface area contributed by atoms with Crippen LogP contribution in [0, 0.1) is 5.82 Å². The maximum atomic E-state index is 14.1. The molecule has 0 saturated heterocycles. The van der Waals surface area contributed by atoms with Crippen LogP contribution in [0.4, 0.5) is 10.3 Å². The second-order valence-electron chi connectivity index (χ2n) is 4.01. The van der Waals surface area contributed by atoms with Crippen molar-refractivity contribution < 1.29 is 4.39 Å². The van der Waals surface area contributed by atoms with Crippen LogP contribution in [-0.4, -0.2) is 9.55 Å². The Morgan fingerprint density at radius 1 is 1.26 bits per heavy atom. The predicted octanol–water partition coefficient (Wildman–Crippen LogP) is 4.16. The summed E-state index contributed by atoms with van der Waals surface area (Å²) in [5, 5.41) is 0.476. The lowest BCUT2D eigenvalue weighted by atomic mass is 10.2. The van der Waals surface area contributed by atoms with Crippen LogP contribution in [-0.2, 0) is 0 Å². The van der Waals surface area contributed by atoms with E-state index in [9.17, 15) is 4.39 Å². The van der Waals surface area contributed by atoms with Crippen LogP contribution in [0.5, 0.6) is 0 Å². The number of halogens is 3. The highest BCUT2D eigenvalue weighted by molar-refractivity contribution is 9.10. The van der Waals surface area contributed by atoms with Gasteiger partial charge >= 0.3 is 0 Å². The van der Waals surface area contributed by atoms with Crippen molar-refractivity contribution in [2.24, 2.45) is 0 Å². The van der Waals surface area contributed by atoms with Crippen LogP contribution < -0.4 is 5.73 Å². The molecule has 2 N–H and O–H groups in total. The van der Waals surface area contributed by atoms with Crippen LogP contribution in [0.15, 0.2) is 40.9 Å². The van der Waals surface area contributed by atoms with Crippen molar-refractivity contribution in [3.05, 3.63) is 51.7 Å². The Kier molecular flexibility index (Phi) is 2.95. The van der Waals surface area contributed by atoms with E-state index in [0.29, 0.717) is 26.2 Å². The Labute approximate surface area is 121 Å². The van der Waals surface area contributed by atoms with Gasteiger partial charge in [-0.05, 0) is 30.3 Å². The lowest BCUT2D eigenvalue weighted by molar-refractivity contribution is 0.619. The van der Waals surface area contributed by atoms with E-state index < -0.39 is 5.82 Å². The number of fused-ring (bicyclic) bond motifs is 1. The number of aromatic nitrogens is 2. The zero-order valence-corrected chi connectivity index (χ0v) is 11.9. The van der Waals surface area contributed by atoms with Gasteiger partial charge in [0.1, 0.15) is 5.82 Å². The maximum absolute atomic E-state index is 14.1. The minimum Gasteiger partial charge on any atom is -0.369 e. The molecule has 0 radical (unpaired) electrons. The van der Waals surface area contributed by atoms with Crippen molar-refractivity contribution in [1.29, 1.82) is 0 Å². The molecule has 0 atom stereocenters. The van der Waals surface area contributed by atoms with Crippen LogP contribution in [0.2, 0.25) is 5.02 Å². The first-order valence-corrected chi connectivity index (χ1v) is 6.63. The molecule has 6 heteroatoms. The largest absolute Gasteiger partial charge is 0.369 e. The lowest BCUT2D eigenvalue weighted by Gasteiger charge is -2.09. The van der Waals surface area contributed by atoms with Gasteiger partial charge in [0.15, 0.2) is 0 Å². The molecular formula is C13H8BrClFN3. The van der Waals surface area contributed by atoms with Gasteiger partial charge < -0.3 is 5.73 Å². The summed E-state index contributed by atoms with van der Waals surface area (Å²) < 4.78 is 16.2. The van der Waals surface area contributed by atoms with Gasteiger partial charge in [0.25, 0.3) is 0 Å². The van der Waals surface area contributed by atoms with Gasteiger partial charge in [0, 0.05) is 4.47 Å². The summed E-state index contributed by atoms with van der Waals surface area (Å²) in [6.45, 7) is 0. The fourth-order valence-electron chi connectivity index (χ4n) is 2.01. The molecule has 3 nitrogen and oxygen atoms in total. The molecule has 3 rings (SSSR count). The van der Waals surface area contributed by atoms with Crippen molar-refractivity contribution in [2.75, 3.05) is 5.73 Å². The highest BCUT2D eigenvalue weighted by atomic mass is 79.9. The fraction of sp³-hybridized carbons (Fsp3) is 0. The zero-order chi connectivity index (χ0) is 13.6. The minimum absolute atomic E-state index is 0.198. The molecule has 0 unspecified atom stereocenters. The normalized spacial score (nSPS) is 11.1. The Morgan fingerprint density at radius 2 is 2.05 bits per heavy atom. The topological polar surface area (TPSA) is 43.8 Å². The van der Waals surface area contributed by atoms with E-state index in [0.717, 1.165) is 0 Å². The molecule has 96 valence electrons. The average Bonchev–Trinajstić information content (AvgIpc) is 2.67. The van der Waals surface area contributed by atoms with Gasteiger partial charge in [-0.3, -0.25) is 4.57 Å². The summed E-state index contributed by atoms with van der Waals surface area (Å²) in [6, 6.07) is 10.0. The SMILES string of the molecule is Nc1nc2cccc(Cl)c2n1-c1ccc(Br)cc1F. The third-order valence-electron chi connectivity index (χ3n) is 2.80. The first-order chi connectivity index (χ1) is 9.08. The minimum atomic E-state index is -0.403. The van der Waals surface area contributed by atoms with Crippen LogP contribution in [0.3, 0.4) is 0 Å². The average molecular weight is 341 g/mol. The first kappa shape index (κ1) is 12.4. The number of nitrogen functional groups attached to an aromatic ring is 1. The van der Waals surface area contributed by atoms with Crippen molar-refractivity contribution in [3.8, 4) is 5.69 Å². The highest BCUT2D eigenvalue weighted by Gasteiger charge is 2.15. The van der Waals surface area contributed by atoms with Crippen LogP contribution >= 0.6 is 27.5 Å². The van der Waals surface area contributed by atoms with E-state index in [1.54, 1.807) is 30.3 Å². The number of nitrogens with two attached hydrogens (primary N) is 1. The van der Waals surface area contributed by atoms with E-state index in [1.807, 2.05) is 0 Å². The smallest absolute Gasteiger partial charge is 0.206 e. The molecule has 19 heavy (non-hydrogen) atoms. The summed E-state index contributed by atoms with van der Waals surface area (Å²) in [5.74, 6) is -0.204. The Balaban J connectivity index is 2.39. The van der Waals surface area contributed by atoms with Crippen LogP contribution in [0.1, 0.15) is 0 Å². The van der Waals surface area contributed by atoms with Crippen molar-refractivity contribution in [1.82, 2.24) is 9.55 Å². The Hall–Kier alpha value is -1.59. The van der Waals surface area contributed by atoms with Gasteiger partial charge in [-0.15, -0.1) is 0 Å². The van der Waals surface area contributed by atoms with Gasteiger partial charge in [-0.2, -0.15) is 0 Å². The molecule has 0 spiro atoms. The molecule has 2 aromatic carbocycles. The molecular weight excluding hydrogens is 333 g/mol. The van der Waals surface area contributed by atoms with E-state index in [4.69, 9.17) is 17.3 Å². The van der Waals surface area contributed by atoms with Crippen molar-refractivity contribution >= 4 is 44.5 Å². The standard InChI is InChI=1S/C13H8BrClFN3/c14-7-4-5-11(9(16)6-7)19-12-8(15)2-1-3-10(12)18-13(19)17/h1-6H,(H2,17,18). The van der Waals surface area contributed by atoms with E-state index in [-0.39, 0.29) is 5.95 Å². The third-order valence-corrected chi connectivity index (χ3v) is 3.60. The summed E-state index contributed by atoms with van der Waals surface area (Å²) >= 11 is 9.38. The van der Waals surface area contributed by atoms with Gasteiger partial charge in [0.05, 0.1) is 21.7 Å². The molecule has 1 aromatic heterocycles. The predicted molar refractivity (Wildman–Crippen MR) is 78.2 cm³/mol. The van der Waals surface area contributed by atoms with E-state index in [2.05, 4.69) is 20.9 Å². The molecule has 0 bridgehead atoms. The molecule has 0 aliphatic rings. The van der Waals surface area contributed by atoms with Gasteiger partial charge in [-0.25, -0.2) is 9.37 Å². The fourth-order valence-corrected chi connectivity index (χ4v) is 2.60. The van der Waals surface area contributed by atoms with E-state index in [1.165, 1.54) is 10.6 Å². The van der Waals surface area contributed by atoms with Crippen molar-refractivity contribution in [2.45, 2.75) is 0 Å². The molecule has 0 saturated carbocycles. The summed E-state index contributed by atoms with van der Waals surface area (Å²) in [5.41, 5.74) is 7.42. The number of hydrogen-bond donors (Lipinski definition) is 1. The number of imidazole rings is 1. The monoisotopic (exact) mass is 339 g/mol. The van der Waals surface area contributed by atoms with Crippen LogP contribution in [0.25, 0.3) is 16.7 Å². The highest BCUT2D eigenvalue weighted by Crippen LogP contribution is 2.30. The number of hydrogen-bond acceptors (Lipinski definition) is 2. The molecule has 0 amide bonds. The molecule has 3 aromatic rings. The molecule has 1 heterocycles. The summed E-state index contributed by atoms with van der Waals surface area (Å²) in [6.07, 6.45) is 0.